The third-order valence-corrected chi connectivity index (χ3v) is 4.43. The molecule has 0 saturated carbocycles. The molecule has 6 nitrogen and oxygen atoms in total. The van der Waals surface area contributed by atoms with E-state index < -0.39 is 0 Å². The first kappa shape index (κ1) is 17.6. The van der Waals surface area contributed by atoms with Gasteiger partial charge in [0.15, 0.2) is 11.5 Å². The summed E-state index contributed by atoms with van der Waals surface area (Å²) in [7, 11) is 1.43. The van der Waals surface area contributed by atoms with Gasteiger partial charge >= 0.3 is 0 Å². The van der Waals surface area contributed by atoms with Crippen LogP contribution in [0, 0.1) is 10.7 Å². The van der Waals surface area contributed by atoms with Crippen LogP contribution < -0.4 is 9.75 Å². The van der Waals surface area contributed by atoms with Crippen LogP contribution in [0.1, 0.15) is 12.5 Å². The topological polar surface area (TPSA) is 85.9 Å². The van der Waals surface area contributed by atoms with Crippen molar-refractivity contribution in [2.45, 2.75) is 11.8 Å². The molecule has 1 amide bonds. The van der Waals surface area contributed by atoms with E-state index in [2.05, 4.69) is 5.10 Å². The Morgan fingerprint density at radius 1 is 1.31 bits per heavy atom. The first-order chi connectivity index (χ1) is 12.5. The van der Waals surface area contributed by atoms with Crippen LogP contribution in [0.2, 0.25) is 0 Å². The van der Waals surface area contributed by atoms with Crippen molar-refractivity contribution >= 4 is 35.1 Å². The number of thiocyanates is 1. The normalized spacial score (nSPS) is 15.1. The number of hydrazone groups is 1. The standard InChI is InChI=1S/C19H15N3O3S/c1-12-15(19(24)22(21-12)14-6-4-3-5-7-14)8-13-9-16(25-2)18(23)17(10-13)26-11-20/h3-10,23H,1-2H3. The number of phenols is 1. The van der Waals surface area contributed by atoms with E-state index in [1.165, 1.54) is 12.1 Å². The lowest BCUT2D eigenvalue weighted by Crippen LogP contribution is -2.21. The lowest BCUT2D eigenvalue weighted by molar-refractivity contribution is -0.114. The molecule has 1 aliphatic heterocycles. The number of aromatic hydroxyl groups is 1. The van der Waals surface area contributed by atoms with E-state index in [9.17, 15) is 9.90 Å². The van der Waals surface area contributed by atoms with Gasteiger partial charge in [0, 0.05) is 0 Å². The molecular weight excluding hydrogens is 350 g/mol. The molecule has 7 heteroatoms. The third kappa shape index (κ3) is 3.27. The molecule has 2 aromatic carbocycles. The van der Waals surface area contributed by atoms with Gasteiger partial charge in [0.25, 0.3) is 5.91 Å². The summed E-state index contributed by atoms with van der Waals surface area (Å²) in [5, 5.41) is 26.6. The molecule has 0 atom stereocenters. The number of hydrogen-bond donors (Lipinski definition) is 1. The summed E-state index contributed by atoms with van der Waals surface area (Å²) in [6.45, 7) is 1.76. The third-order valence-electron chi connectivity index (χ3n) is 3.81. The molecule has 130 valence electrons. The van der Waals surface area contributed by atoms with Crippen LogP contribution in [0.15, 0.2) is 58.0 Å². The van der Waals surface area contributed by atoms with E-state index in [4.69, 9.17) is 10.00 Å². The number of anilines is 1. The zero-order valence-electron chi connectivity index (χ0n) is 14.1. The Morgan fingerprint density at radius 3 is 2.69 bits per heavy atom. The van der Waals surface area contributed by atoms with Crippen LogP contribution in [-0.2, 0) is 4.79 Å². The van der Waals surface area contributed by atoms with Gasteiger partial charge in [-0.25, -0.2) is 0 Å². The highest BCUT2D eigenvalue weighted by Gasteiger charge is 2.28. The molecular formula is C19H15N3O3S. The summed E-state index contributed by atoms with van der Waals surface area (Å²) in [5.74, 6) is -0.109. The molecule has 1 heterocycles. The molecule has 0 spiro atoms. The average molecular weight is 365 g/mol. The van der Waals surface area contributed by atoms with Gasteiger partial charge in [0.05, 0.1) is 29.0 Å². The van der Waals surface area contributed by atoms with Crippen molar-refractivity contribution in [3.05, 3.63) is 53.6 Å². The quantitative estimate of drug-likeness (QED) is 0.506. The number of nitriles is 1. The zero-order valence-corrected chi connectivity index (χ0v) is 14.9. The largest absolute Gasteiger partial charge is 0.503 e. The van der Waals surface area contributed by atoms with Crippen molar-refractivity contribution in [2.75, 3.05) is 12.1 Å². The minimum absolute atomic E-state index is 0.102. The summed E-state index contributed by atoms with van der Waals surface area (Å²) in [6, 6.07) is 12.4. The molecule has 0 aromatic heterocycles. The van der Waals surface area contributed by atoms with Crippen LogP contribution >= 0.6 is 11.8 Å². The molecule has 26 heavy (non-hydrogen) atoms. The summed E-state index contributed by atoms with van der Waals surface area (Å²) < 4.78 is 5.15. The molecule has 0 saturated heterocycles. The summed E-state index contributed by atoms with van der Waals surface area (Å²) in [6.07, 6.45) is 1.67. The van der Waals surface area contributed by atoms with Gasteiger partial charge in [0.1, 0.15) is 5.40 Å². The maximum atomic E-state index is 12.8. The predicted octanol–water partition coefficient (Wildman–Crippen LogP) is 3.78. The maximum Gasteiger partial charge on any atom is 0.280 e. The Balaban J connectivity index is 2.01. The number of amides is 1. The second kappa shape index (κ2) is 7.33. The van der Waals surface area contributed by atoms with Crippen LogP contribution in [0.4, 0.5) is 5.69 Å². The second-order valence-corrected chi connectivity index (χ2v) is 6.29. The molecule has 1 aliphatic rings. The number of hydrogen-bond acceptors (Lipinski definition) is 6. The summed E-state index contributed by atoms with van der Waals surface area (Å²) >= 11 is 0.823. The van der Waals surface area contributed by atoms with Crippen molar-refractivity contribution in [1.29, 1.82) is 5.26 Å². The van der Waals surface area contributed by atoms with E-state index in [0.29, 0.717) is 27.4 Å². The minimum atomic E-state index is -0.241. The fourth-order valence-electron chi connectivity index (χ4n) is 2.56. The first-order valence-electron chi connectivity index (χ1n) is 7.69. The van der Waals surface area contributed by atoms with E-state index >= 15 is 0 Å². The van der Waals surface area contributed by atoms with E-state index in [1.807, 2.05) is 35.7 Å². The number of thioether (sulfide) groups is 1. The number of benzene rings is 2. The fourth-order valence-corrected chi connectivity index (χ4v) is 3.05. The highest BCUT2D eigenvalue weighted by Crippen LogP contribution is 2.38. The van der Waals surface area contributed by atoms with Crippen molar-refractivity contribution in [3.8, 4) is 16.9 Å². The molecule has 0 aliphatic carbocycles. The average Bonchev–Trinajstić information content (AvgIpc) is 2.93. The van der Waals surface area contributed by atoms with Crippen molar-refractivity contribution in [2.24, 2.45) is 5.10 Å². The minimum Gasteiger partial charge on any atom is -0.503 e. The van der Waals surface area contributed by atoms with Gasteiger partial charge in [-0.15, -0.1) is 0 Å². The van der Waals surface area contributed by atoms with Crippen molar-refractivity contribution < 1.29 is 14.6 Å². The summed E-state index contributed by atoms with van der Waals surface area (Å²) in [4.78, 5) is 13.1. The van der Waals surface area contributed by atoms with Gasteiger partial charge in [0.2, 0.25) is 0 Å². The molecule has 0 radical (unpaired) electrons. The van der Waals surface area contributed by atoms with Crippen LogP contribution in [0.5, 0.6) is 11.5 Å². The zero-order chi connectivity index (χ0) is 18.7. The highest BCUT2D eigenvalue weighted by atomic mass is 32.2. The number of phenolic OH excluding ortho intramolecular Hbond substituents is 1. The Labute approximate surface area is 155 Å². The van der Waals surface area contributed by atoms with Crippen LogP contribution in [0.25, 0.3) is 6.08 Å². The number of methoxy groups -OCH3 is 1. The summed E-state index contributed by atoms with van der Waals surface area (Å²) in [5.41, 5.74) is 2.34. The van der Waals surface area contributed by atoms with Crippen molar-refractivity contribution in [1.82, 2.24) is 0 Å². The predicted molar refractivity (Wildman–Crippen MR) is 101 cm³/mol. The number of carbonyl (C=O) groups excluding carboxylic acids is 1. The van der Waals surface area contributed by atoms with Gasteiger partial charge < -0.3 is 9.84 Å². The van der Waals surface area contributed by atoms with Crippen LogP contribution in [-0.4, -0.2) is 23.8 Å². The number of ether oxygens (including phenoxy) is 1. The molecule has 1 N–H and O–H groups in total. The van der Waals surface area contributed by atoms with E-state index in [0.717, 1.165) is 11.8 Å². The molecule has 0 fully saturated rings. The molecule has 3 rings (SSSR count). The Bertz CT molecular complexity index is 962. The van der Waals surface area contributed by atoms with E-state index in [1.54, 1.807) is 25.1 Å². The van der Waals surface area contributed by atoms with Gasteiger partial charge in [-0.2, -0.15) is 15.4 Å². The highest BCUT2D eigenvalue weighted by molar-refractivity contribution is 8.03. The van der Waals surface area contributed by atoms with Crippen molar-refractivity contribution in [3.63, 3.8) is 0 Å². The van der Waals surface area contributed by atoms with Crippen LogP contribution in [0.3, 0.4) is 0 Å². The smallest absolute Gasteiger partial charge is 0.280 e. The molecule has 2 aromatic rings. The first-order valence-corrected chi connectivity index (χ1v) is 8.50. The molecule has 0 unspecified atom stereocenters. The lowest BCUT2D eigenvalue weighted by Gasteiger charge is -2.11. The van der Waals surface area contributed by atoms with Gasteiger partial charge in [-0.3, -0.25) is 4.79 Å². The fraction of sp³-hybridized carbons (Fsp3) is 0.105. The number of carbonyl (C=O) groups is 1. The number of rotatable bonds is 4. The Kier molecular flexibility index (Phi) is 4.96. The lowest BCUT2D eigenvalue weighted by atomic mass is 10.1. The SMILES string of the molecule is COc1cc(C=C2C(=O)N(c3ccccc3)N=C2C)cc(SC#N)c1O. The maximum absolute atomic E-state index is 12.8. The monoisotopic (exact) mass is 365 g/mol. The van der Waals surface area contributed by atoms with Gasteiger partial charge in [-0.1, -0.05) is 18.2 Å². The Hall–Kier alpha value is -3.24. The van der Waals surface area contributed by atoms with E-state index in [-0.39, 0.29) is 17.4 Å². The van der Waals surface area contributed by atoms with Gasteiger partial charge in [-0.05, 0) is 54.6 Å². The second-order valence-electron chi connectivity index (χ2n) is 5.46. The Morgan fingerprint density at radius 2 is 2.04 bits per heavy atom. The number of para-hydroxylation sites is 1. The molecule has 0 bridgehead atoms. The number of nitrogens with zero attached hydrogens (tertiary/aromatic N) is 3.